The van der Waals surface area contributed by atoms with E-state index in [9.17, 15) is 4.79 Å². The van der Waals surface area contributed by atoms with E-state index in [1.807, 2.05) is 23.1 Å². The molecule has 0 aliphatic carbocycles. The van der Waals surface area contributed by atoms with Crippen LogP contribution in [0.15, 0.2) is 54.9 Å². The third-order valence-electron chi connectivity index (χ3n) is 6.33. The molecule has 0 saturated carbocycles. The van der Waals surface area contributed by atoms with Crippen LogP contribution in [0.2, 0.25) is 0 Å². The number of amides is 1. The van der Waals surface area contributed by atoms with Gasteiger partial charge in [-0.05, 0) is 61.4 Å². The van der Waals surface area contributed by atoms with Crippen molar-refractivity contribution in [3.63, 3.8) is 0 Å². The van der Waals surface area contributed by atoms with E-state index in [2.05, 4.69) is 58.7 Å². The quantitative estimate of drug-likeness (QED) is 0.384. The minimum absolute atomic E-state index is 0.0543. The summed E-state index contributed by atoms with van der Waals surface area (Å²) in [6.45, 7) is 6.53. The number of fused-ring (bicyclic) bond motifs is 3. The standard InChI is InChI=1S/C26H24N4O2S/c1-3-30-22-10-16(2)33-25(22)13-23(30)26(31)29-8-9-32-24-7-5-17(11-19(24)14-29)18-4-6-20-21(12-18)28-15-27-20/h4-7,10-13,15H,3,8-9,14H2,1-2H3,(H,27,28). The highest BCUT2D eigenvalue weighted by atomic mass is 32.1. The number of nitrogens with one attached hydrogen (secondary N) is 1. The molecule has 5 aromatic rings. The van der Waals surface area contributed by atoms with Crippen molar-refractivity contribution in [2.75, 3.05) is 13.2 Å². The van der Waals surface area contributed by atoms with E-state index in [0.717, 1.165) is 51.2 Å². The first kappa shape index (κ1) is 20.1. The Morgan fingerprint density at radius 2 is 2.00 bits per heavy atom. The maximum absolute atomic E-state index is 13.6. The van der Waals surface area contributed by atoms with Crippen LogP contribution in [-0.2, 0) is 13.1 Å². The summed E-state index contributed by atoms with van der Waals surface area (Å²) in [5.41, 5.74) is 7.07. The van der Waals surface area contributed by atoms with Gasteiger partial charge in [-0.25, -0.2) is 4.98 Å². The molecule has 1 N–H and O–H groups in total. The van der Waals surface area contributed by atoms with Crippen molar-refractivity contribution >= 4 is 38.5 Å². The van der Waals surface area contributed by atoms with E-state index in [0.29, 0.717) is 19.7 Å². The molecule has 0 saturated heterocycles. The summed E-state index contributed by atoms with van der Waals surface area (Å²) >= 11 is 1.74. The van der Waals surface area contributed by atoms with Crippen LogP contribution in [0.1, 0.15) is 27.9 Å². The highest BCUT2D eigenvalue weighted by Gasteiger charge is 2.25. The Hall–Kier alpha value is -3.58. The SMILES string of the molecule is CCn1c(C(=O)N2CCOc3ccc(-c4ccc5nc[nH]c5c4)cc3C2)cc2sc(C)cc21. The second kappa shape index (κ2) is 7.78. The Labute approximate surface area is 195 Å². The number of nitrogens with zero attached hydrogens (tertiary/aromatic N) is 3. The zero-order chi connectivity index (χ0) is 22.5. The Bertz CT molecular complexity index is 1510. The molecule has 0 spiro atoms. The fourth-order valence-corrected chi connectivity index (χ4v) is 5.67. The van der Waals surface area contributed by atoms with E-state index in [1.165, 1.54) is 9.58 Å². The second-order valence-corrected chi connectivity index (χ2v) is 9.70. The molecule has 0 bridgehead atoms. The van der Waals surface area contributed by atoms with Gasteiger partial charge in [0.15, 0.2) is 0 Å². The molecule has 0 fully saturated rings. The molecule has 1 aliphatic rings. The van der Waals surface area contributed by atoms with Crippen LogP contribution < -0.4 is 4.74 Å². The minimum atomic E-state index is 0.0543. The molecular formula is C26H24N4O2S. The van der Waals surface area contributed by atoms with Gasteiger partial charge in [-0.2, -0.15) is 0 Å². The van der Waals surface area contributed by atoms with Gasteiger partial charge in [0.05, 0.1) is 34.1 Å². The van der Waals surface area contributed by atoms with Gasteiger partial charge in [0, 0.05) is 23.5 Å². The molecule has 3 aromatic heterocycles. The summed E-state index contributed by atoms with van der Waals surface area (Å²) in [5, 5.41) is 0. The summed E-state index contributed by atoms with van der Waals surface area (Å²) in [6.07, 6.45) is 1.71. The van der Waals surface area contributed by atoms with Gasteiger partial charge in [0.1, 0.15) is 18.1 Å². The summed E-state index contributed by atoms with van der Waals surface area (Å²) < 4.78 is 9.31. The Morgan fingerprint density at radius 1 is 1.15 bits per heavy atom. The first-order chi connectivity index (χ1) is 16.1. The van der Waals surface area contributed by atoms with Crippen LogP contribution in [-0.4, -0.2) is 38.5 Å². The number of hydrogen-bond acceptors (Lipinski definition) is 4. The lowest BCUT2D eigenvalue weighted by Gasteiger charge is -2.21. The number of aryl methyl sites for hydroxylation is 2. The van der Waals surface area contributed by atoms with Crippen LogP contribution in [0, 0.1) is 6.92 Å². The van der Waals surface area contributed by atoms with E-state index < -0.39 is 0 Å². The van der Waals surface area contributed by atoms with E-state index in [1.54, 1.807) is 17.7 Å². The van der Waals surface area contributed by atoms with Gasteiger partial charge in [0.2, 0.25) is 0 Å². The van der Waals surface area contributed by atoms with E-state index in [-0.39, 0.29) is 5.91 Å². The summed E-state index contributed by atoms with van der Waals surface area (Å²) in [6, 6.07) is 16.6. The maximum atomic E-state index is 13.6. The van der Waals surface area contributed by atoms with Crippen molar-refractivity contribution in [3.05, 3.63) is 71.0 Å². The number of carbonyl (C=O) groups excluding carboxylic acids is 1. The predicted octanol–water partition coefficient (Wildman–Crippen LogP) is 5.61. The summed E-state index contributed by atoms with van der Waals surface area (Å²) in [7, 11) is 0. The number of benzene rings is 2. The van der Waals surface area contributed by atoms with Crippen LogP contribution in [0.25, 0.3) is 32.4 Å². The van der Waals surface area contributed by atoms with Crippen molar-refractivity contribution in [1.29, 1.82) is 0 Å². The van der Waals surface area contributed by atoms with Crippen LogP contribution >= 0.6 is 11.3 Å². The first-order valence-electron chi connectivity index (χ1n) is 11.2. The molecule has 1 amide bonds. The highest BCUT2D eigenvalue weighted by Crippen LogP contribution is 2.32. The van der Waals surface area contributed by atoms with Crippen molar-refractivity contribution in [3.8, 4) is 16.9 Å². The number of carbonyl (C=O) groups is 1. The zero-order valence-corrected chi connectivity index (χ0v) is 19.4. The number of hydrogen-bond donors (Lipinski definition) is 1. The van der Waals surface area contributed by atoms with Gasteiger partial charge in [-0.3, -0.25) is 4.79 Å². The Kier molecular flexibility index (Phi) is 4.73. The van der Waals surface area contributed by atoms with Crippen LogP contribution in [0.5, 0.6) is 5.75 Å². The highest BCUT2D eigenvalue weighted by molar-refractivity contribution is 7.19. The fraction of sp³-hybridized carbons (Fsp3) is 0.231. The molecule has 166 valence electrons. The average molecular weight is 457 g/mol. The lowest BCUT2D eigenvalue weighted by molar-refractivity contribution is 0.0723. The third-order valence-corrected chi connectivity index (χ3v) is 7.32. The lowest BCUT2D eigenvalue weighted by atomic mass is 10.0. The lowest BCUT2D eigenvalue weighted by Crippen LogP contribution is -2.33. The molecule has 6 nitrogen and oxygen atoms in total. The number of aromatic nitrogens is 3. The second-order valence-electron chi connectivity index (χ2n) is 8.41. The minimum Gasteiger partial charge on any atom is -0.491 e. The van der Waals surface area contributed by atoms with Crippen molar-refractivity contribution in [2.24, 2.45) is 0 Å². The molecule has 0 radical (unpaired) electrons. The predicted molar refractivity (Wildman–Crippen MR) is 132 cm³/mol. The monoisotopic (exact) mass is 456 g/mol. The van der Waals surface area contributed by atoms with E-state index in [4.69, 9.17) is 4.74 Å². The molecule has 1 aliphatic heterocycles. The van der Waals surface area contributed by atoms with Gasteiger partial charge in [-0.15, -0.1) is 11.3 Å². The number of ether oxygens (including phenoxy) is 1. The Morgan fingerprint density at radius 3 is 2.88 bits per heavy atom. The molecule has 7 heteroatoms. The number of aromatic amines is 1. The largest absolute Gasteiger partial charge is 0.491 e. The molecule has 6 rings (SSSR count). The topological polar surface area (TPSA) is 63.1 Å². The summed E-state index contributed by atoms with van der Waals surface area (Å²) in [5.74, 6) is 0.901. The number of H-pyrrole nitrogens is 1. The first-order valence-corrected chi connectivity index (χ1v) is 12.0. The van der Waals surface area contributed by atoms with E-state index >= 15 is 0 Å². The maximum Gasteiger partial charge on any atom is 0.270 e. The van der Waals surface area contributed by atoms with Gasteiger partial charge >= 0.3 is 0 Å². The Balaban J connectivity index is 1.34. The van der Waals surface area contributed by atoms with Crippen molar-refractivity contribution in [2.45, 2.75) is 26.9 Å². The van der Waals surface area contributed by atoms with Gasteiger partial charge in [-0.1, -0.05) is 12.1 Å². The number of thiophene rings is 1. The molecule has 0 unspecified atom stereocenters. The van der Waals surface area contributed by atoms with Crippen LogP contribution in [0.4, 0.5) is 0 Å². The average Bonchev–Trinajstić information content (AvgIpc) is 3.47. The molecule has 4 heterocycles. The number of imidazole rings is 1. The smallest absolute Gasteiger partial charge is 0.270 e. The van der Waals surface area contributed by atoms with Crippen LogP contribution in [0.3, 0.4) is 0 Å². The third kappa shape index (κ3) is 3.40. The van der Waals surface area contributed by atoms with Gasteiger partial charge in [0.25, 0.3) is 5.91 Å². The molecular weight excluding hydrogens is 432 g/mol. The molecule has 2 aromatic carbocycles. The molecule has 0 atom stereocenters. The molecule has 33 heavy (non-hydrogen) atoms. The van der Waals surface area contributed by atoms with Crippen molar-refractivity contribution < 1.29 is 9.53 Å². The zero-order valence-electron chi connectivity index (χ0n) is 18.6. The van der Waals surface area contributed by atoms with Gasteiger partial charge < -0.3 is 19.2 Å². The number of rotatable bonds is 3. The van der Waals surface area contributed by atoms with Crippen molar-refractivity contribution in [1.82, 2.24) is 19.4 Å². The normalized spacial score (nSPS) is 13.8. The summed E-state index contributed by atoms with van der Waals surface area (Å²) in [4.78, 5) is 24.3. The fourth-order valence-electron chi connectivity index (χ4n) is 4.71.